The molecule has 2 aromatic rings. The Morgan fingerprint density at radius 2 is 2.29 bits per heavy atom. The molecule has 1 aromatic heterocycles. The predicted octanol–water partition coefficient (Wildman–Crippen LogP) is 4.06. The minimum absolute atomic E-state index is 0.000833. The molecule has 0 saturated carbocycles. The summed E-state index contributed by atoms with van der Waals surface area (Å²) >= 11 is 7.47. The Morgan fingerprint density at radius 1 is 1.53 bits per heavy atom. The molecular formula is C12H12BrIN2S. The van der Waals surface area contributed by atoms with Crippen LogP contribution in [-0.4, -0.2) is 4.98 Å². The Balaban J connectivity index is 2.19. The molecule has 1 unspecified atom stereocenters. The zero-order valence-corrected chi connectivity index (χ0v) is 13.8. The second-order valence-electron chi connectivity index (χ2n) is 3.83. The van der Waals surface area contributed by atoms with Crippen LogP contribution in [0, 0.1) is 10.5 Å². The van der Waals surface area contributed by atoms with Gasteiger partial charge >= 0.3 is 0 Å². The Kier molecular flexibility index (Phi) is 4.57. The van der Waals surface area contributed by atoms with E-state index in [1.54, 1.807) is 11.3 Å². The molecule has 0 spiro atoms. The van der Waals surface area contributed by atoms with Gasteiger partial charge in [-0.25, -0.2) is 4.98 Å². The lowest BCUT2D eigenvalue weighted by Crippen LogP contribution is -2.15. The van der Waals surface area contributed by atoms with Crippen molar-refractivity contribution in [2.75, 3.05) is 0 Å². The number of nitrogens with zero attached hydrogens (tertiary/aromatic N) is 1. The molecule has 2 nitrogen and oxygen atoms in total. The highest BCUT2D eigenvalue weighted by Gasteiger charge is 2.12. The van der Waals surface area contributed by atoms with Crippen LogP contribution in [0.3, 0.4) is 0 Å². The number of hydrogen-bond donors (Lipinski definition) is 1. The van der Waals surface area contributed by atoms with Crippen molar-refractivity contribution in [3.8, 4) is 0 Å². The Morgan fingerprint density at radius 3 is 2.94 bits per heavy atom. The molecule has 5 heteroatoms. The third-order valence-corrected chi connectivity index (χ3v) is 4.75. The highest BCUT2D eigenvalue weighted by atomic mass is 127. The third kappa shape index (κ3) is 3.49. The van der Waals surface area contributed by atoms with E-state index in [0.717, 1.165) is 21.6 Å². The summed E-state index contributed by atoms with van der Waals surface area (Å²) in [6.45, 7) is 2.02. The van der Waals surface area contributed by atoms with Crippen LogP contribution in [0.4, 0.5) is 0 Å². The first-order chi connectivity index (χ1) is 8.06. The van der Waals surface area contributed by atoms with Crippen molar-refractivity contribution in [3.05, 3.63) is 47.9 Å². The summed E-state index contributed by atoms with van der Waals surface area (Å²) in [6, 6.07) is 6.20. The number of rotatable bonds is 3. The minimum Gasteiger partial charge on any atom is -0.324 e. The molecule has 1 atom stereocenters. The second kappa shape index (κ2) is 5.77. The van der Waals surface area contributed by atoms with Gasteiger partial charge in [-0.1, -0.05) is 15.9 Å². The van der Waals surface area contributed by atoms with E-state index >= 15 is 0 Å². The first kappa shape index (κ1) is 13.5. The summed E-state index contributed by atoms with van der Waals surface area (Å²) in [5.74, 6) is 0. The normalized spacial score (nSPS) is 12.7. The van der Waals surface area contributed by atoms with Gasteiger partial charge < -0.3 is 5.73 Å². The smallest absolute Gasteiger partial charge is 0.0897 e. The van der Waals surface area contributed by atoms with Crippen LogP contribution >= 0.6 is 49.9 Å². The molecule has 0 saturated heterocycles. The molecule has 0 bridgehead atoms. The van der Waals surface area contributed by atoms with Gasteiger partial charge in [-0.2, -0.15) is 0 Å². The number of aryl methyl sites for hydroxylation is 1. The summed E-state index contributed by atoms with van der Waals surface area (Å²) in [4.78, 5) is 4.45. The number of aromatic nitrogens is 1. The van der Waals surface area contributed by atoms with Gasteiger partial charge in [-0.3, -0.25) is 0 Å². The lowest BCUT2D eigenvalue weighted by atomic mass is 10.0. The van der Waals surface area contributed by atoms with Gasteiger partial charge in [-0.05, 0) is 53.3 Å². The van der Waals surface area contributed by atoms with Gasteiger partial charge in [0, 0.05) is 25.9 Å². The lowest BCUT2D eigenvalue weighted by molar-refractivity contribution is 0.705. The van der Waals surface area contributed by atoms with Crippen molar-refractivity contribution in [3.63, 3.8) is 0 Å². The Labute approximate surface area is 127 Å². The summed E-state index contributed by atoms with van der Waals surface area (Å²) in [7, 11) is 0. The lowest BCUT2D eigenvalue weighted by Gasteiger charge is -2.13. The van der Waals surface area contributed by atoms with E-state index < -0.39 is 0 Å². The maximum absolute atomic E-state index is 6.24. The van der Waals surface area contributed by atoms with Crippen LogP contribution in [0.25, 0.3) is 0 Å². The molecule has 0 aliphatic carbocycles. The monoisotopic (exact) mass is 422 g/mol. The van der Waals surface area contributed by atoms with Gasteiger partial charge in [0.05, 0.1) is 10.7 Å². The Bertz CT molecular complexity index is 527. The van der Waals surface area contributed by atoms with E-state index in [1.807, 2.05) is 13.0 Å². The fraction of sp³-hybridized carbons (Fsp3) is 0.250. The van der Waals surface area contributed by atoms with Crippen LogP contribution in [0.5, 0.6) is 0 Å². The van der Waals surface area contributed by atoms with E-state index in [-0.39, 0.29) is 6.04 Å². The average molecular weight is 423 g/mol. The number of thiazole rings is 1. The molecule has 0 aliphatic heterocycles. The summed E-state index contributed by atoms with van der Waals surface area (Å²) in [6.07, 6.45) is 0.788. The van der Waals surface area contributed by atoms with Gasteiger partial charge in [-0.15, -0.1) is 11.3 Å². The van der Waals surface area contributed by atoms with E-state index in [0.29, 0.717) is 0 Å². The maximum atomic E-state index is 6.24. The molecule has 0 radical (unpaired) electrons. The van der Waals surface area contributed by atoms with Crippen molar-refractivity contribution in [1.29, 1.82) is 0 Å². The largest absolute Gasteiger partial charge is 0.324 e. The zero-order chi connectivity index (χ0) is 12.4. The maximum Gasteiger partial charge on any atom is 0.0897 e. The number of benzene rings is 1. The quantitative estimate of drug-likeness (QED) is 0.757. The molecule has 0 aliphatic rings. The van der Waals surface area contributed by atoms with Crippen molar-refractivity contribution in [1.82, 2.24) is 4.98 Å². The van der Waals surface area contributed by atoms with Crippen LogP contribution in [0.1, 0.15) is 22.3 Å². The first-order valence-electron chi connectivity index (χ1n) is 5.18. The average Bonchev–Trinajstić information content (AvgIpc) is 2.67. The fourth-order valence-corrected chi connectivity index (χ4v) is 3.38. The van der Waals surface area contributed by atoms with Crippen LogP contribution < -0.4 is 5.73 Å². The topological polar surface area (TPSA) is 38.9 Å². The molecular weight excluding hydrogens is 411 g/mol. The van der Waals surface area contributed by atoms with Crippen molar-refractivity contribution >= 4 is 49.9 Å². The SMILES string of the molecule is Cc1nc(CC(N)c2cc(Br)ccc2I)cs1. The highest BCUT2D eigenvalue weighted by Crippen LogP contribution is 2.25. The molecule has 17 heavy (non-hydrogen) atoms. The Hall–Kier alpha value is 0.0200. The van der Waals surface area contributed by atoms with E-state index in [9.17, 15) is 0 Å². The van der Waals surface area contributed by atoms with Crippen LogP contribution in [-0.2, 0) is 6.42 Å². The summed E-state index contributed by atoms with van der Waals surface area (Å²) < 4.78 is 2.27. The van der Waals surface area contributed by atoms with Crippen molar-refractivity contribution in [2.45, 2.75) is 19.4 Å². The fourth-order valence-electron chi connectivity index (χ4n) is 1.64. The highest BCUT2D eigenvalue weighted by molar-refractivity contribution is 14.1. The standard InChI is InChI=1S/C12H12BrIN2S/c1-7-16-9(6-17-7)5-12(15)10-4-8(13)2-3-11(10)14/h2-4,6,12H,5,15H2,1H3. The first-order valence-corrected chi connectivity index (χ1v) is 7.93. The van der Waals surface area contributed by atoms with Gasteiger partial charge in [0.1, 0.15) is 0 Å². The van der Waals surface area contributed by atoms with Crippen LogP contribution in [0.2, 0.25) is 0 Å². The molecule has 2 rings (SSSR count). The zero-order valence-electron chi connectivity index (χ0n) is 9.28. The van der Waals surface area contributed by atoms with E-state index in [1.165, 1.54) is 9.13 Å². The second-order valence-corrected chi connectivity index (χ2v) is 6.97. The van der Waals surface area contributed by atoms with E-state index in [2.05, 4.69) is 61.0 Å². The van der Waals surface area contributed by atoms with Gasteiger partial charge in [0.25, 0.3) is 0 Å². The molecule has 2 N–H and O–H groups in total. The molecule has 90 valence electrons. The van der Waals surface area contributed by atoms with Gasteiger partial charge in [0.15, 0.2) is 0 Å². The van der Waals surface area contributed by atoms with E-state index in [4.69, 9.17) is 5.73 Å². The summed E-state index contributed by atoms with van der Waals surface area (Å²) in [5.41, 5.74) is 8.50. The third-order valence-electron chi connectivity index (χ3n) is 2.45. The summed E-state index contributed by atoms with van der Waals surface area (Å²) in [5, 5.41) is 3.18. The van der Waals surface area contributed by atoms with Gasteiger partial charge in [0.2, 0.25) is 0 Å². The predicted molar refractivity (Wildman–Crippen MR) is 84.3 cm³/mol. The van der Waals surface area contributed by atoms with Crippen molar-refractivity contribution in [2.24, 2.45) is 5.73 Å². The number of halogens is 2. The minimum atomic E-state index is 0.000833. The number of hydrogen-bond acceptors (Lipinski definition) is 3. The number of nitrogens with two attached hydrogens (primary N) is 1. The molecule has 0 fully saturated rings. The van der Waals surface area contributed by atoms with Crippen LogP contribution in [0.15, 0.2) is 28.1 Å². The molecule has 1 aromatic carbocycles. The van der Waals surface area contributed by atoms with Crippen molar-refractivity contribution < 1.29 is 0 Å². The molecule has 1 heterocycles. The molecule has 0 amide bonds.